The van der Waals surface area contributed by atoms with Crippen molar-refractivity contribution in [2.45, 2.75) is 13.0 Å². The Labute approximate surface area is 205 Å². The number of nitrogens with zero attached hydrogens (tertiary/aromatic N) is 2. The summed E-state index contributed by atoms with van der Waals surface area (Å²) in [6, 6.07) is 21.0. The van der Waals surface area contributed by atoms with Gasteiger partial charge in [0.15, 0.2) is 5.76 Å². The molecule has 0 bridgehead atoms. The lowest BCUT2D eigenvalue weighted by atomic mass is 10.1. The van der Waals surface area contributed by atoms with Crippen molar-refractivity contribution >= 4 is 27.1 Å². The van der Waals surface area contributed by atoms with E-state index in [2.05, 4.69) is 10.1 Å². The van der Waals surface area contributed by atoms with Crippen LogP contribution in [0.25, 0.3) is 11.3 Å². The van der Waals surface area contributed by atoms with Crippen LogP contribution in [0.15, 0.2) is 77.3 Å². The molecule has 2 aromatic carbocycles. The third kappa shape index (κ3) is 7.50. The molecule has 2 heterocycles. The number of pyridine rings is 1. The number of aromatic nitrogens is 2. The molecule has 4 rings (SSSR count). The molecule has 0 aliphatic heterocycles. The van der Waals surface area contributed by atoms with Crippen LogP contribution in [0.5, 0.6) is 5.75 Å². The van der Waals surface area contributed by atoms with E-state index < -0.39 is 27.1 Å². The molecule has 0 radical (unpaired) electrons. The molecule has 12 nitrogen and oxygen atoms in total. The molecule has 4 aromatic rings. The van der Waals surface area contributed by atoms with E-state index in [1.54, 1.807) is 10.2 Å². The van der Waals surface area contributed by atoms with Gasteiger partial charge in [-0.25, -0.2) is 4.98 Å². The Morgan fingerprint density at radius 2 is 1.53 bits per heavy atom. The molecule has 0 spiro atoms. The molecular formula is C22H18N4O8P2-4. The first kappa shape index (κ1) is 25.6. The second-order valence-electron chi connectivity index (χ2n) is 7.59. The van der Waals surface area contributed by atoms with Gasteiger partial charge in [0.2, 0.25) is 0 Å². The lowest BCUT2D eigenvalue weighted by molar-refractivity contribution is -0.313. The fourth-order valence-electron chi connectivity index (χ4n) is 3.25. The van der Waals surface area contributed by atoms with Gasteiger partial charge in [-0.2, -0.15) is 0 Å². The second kappa shape index (κ2) is 10.6. The van der Waals surface area contributed by atoms with E-state index in [1.807, 2.05) is 54.6 Å². The maximum Gasteiger partial charge on any atom is 0.170 e. The molecule has 0 unspecified atom stereocenters. The summed E-state index contributed by atoms with van der Waals surface area (Å²) in [6.45, 7) is 0.437. The molecule has 0 saturated carbocycles. The highest BCUT2D eigenvalue weighted by Crippen LogP contribution is 2.36. The molecule has 0 aliphatic rings. The minimum absolute atomic E-state index is 0.0162. The van der Waals surface area contributed by atoms with Crippen LogP contribution in [0, 0.1) is 0 Å². The van der Waals surface area contributed by atoms with Gasteiger partial charge >= 0.3 is 0 Å². The van der Waals surface area contributed by atoms with E-state index in [1.165, 1.54) is 12.1 Å². The number of ether oxygens (including phenoxy) is 1. The Kier molecular flexibility index (Phi) is 7.56. The molecule has 188 valence electrons. The molecule has 14 heteroatoms. The van der Waals surface area contributed by atoms with E-state index in [9.17, 15) is 28.7 Å². The van der Waals surface area contributed by atoms with Gasteiger partial charge in [-0.05, 0) is 35.4 Å². The first-order chi connectivity index (χ1) is 17.0. The van der Waals surface area contributed by atoms with Crippen molar-refractivity contribution in [1.82, 2.24) is 10.1 Å². The van der Waals surface area contributed by atoms with Crippen LogP contribution >= 0.6 is 15.5 Å². The third-order valence-corrected chi connectivity index (χ3v) is 5.76. The maximum atomic E-state index is 11.2. The Hall–Kier alpha value is -3.50. The average Bonchev–Trinajstić information content (AvgIpc) is 3.25. The van der Waals surface area contributed by atoms with Gasteiger partial charge in [0.1, 0.15) is 24.0 Å². The van der Waals surface area contributed by atoms with Crippen molar-refractivity contribution in [2.75, 3.05) is 10.2 Å². The van der Waals surface area contributed by atoms with Gasteiger partial charge in [0.25, 0.3) is 0 Å². The van der Waals surface area contributed by atoms with Crippen LogP contribution in [0.1, 0.15) is 16.8 Å². The molecule has 2 N–H and O–H groups in total. The number of anilines is 2. The summed E-state index contributed by atoms with van der Waals surface area (Å²) in [5, 5.41) is 7.21. The fraction of sp³-hybridized carbons (Fsp3) is 0.0909. The van der Waals surface area contributed by atoms with Crippen LogP contribution < -0.4 is 34.5 Å². The second-order valence-corrected chi connectivity index (χ2v) is 10.0. The summed E-state index contributed by atoms with van der Waals surface area (Å²) in [6.07, 6.45) is 0.370. The zero-order valence-corrected chi connectivity index (χ0v) is 20.2. The summed E-state index contributed by atoms with van der Waals surface area (Å²) in [5.74, 6) is -0.240. The van der Waals surface area contributed by atoms with Crippen molar-refractivity contribution in [2.24, 2.45) is 0 Å². The summed E-state index contributed by atoms with van der Waals surface area (Å²) in [4.78, 5) is 48.1. The van der Waals surface area contributed by atoms with Crippen molar-refractivity contribution in [3.8, 4) is 17.1 Å². The Morgan fingerprint density at radius 1 is 0.833 bits per heavy atom. The Bertz CT molecular complexity index is 1420. The van der Waals surface area contributed by atoms with Crippen LogP contribution in [0.3, 0.4) is 0 Å². The molecular weight excluding hydrogens is 510 g/mol. The Morgan fingerprint density at radius 3 is 2.19 bits per heavy atom. The molecule has 36 heavy (non-hydrogen) atoms. The first-order valence-corrected chi connectivity index (χ1v) is 13.5. The van der Waals surface area contributed by atoms with E-state index in [0.29, 0.717) is 24.5 Å². The van der Waals surface area contributed by atoms with Gasteiger partial charge in [-0.15, -0.1) is 0 Å². The topological polar surface area (TPSA) is 199 Å². The van der Waals surface area contributed by atoms with Crippen LogP contribution in [0.2, 0.25) is 0 Å². The zero-order chi connectivity index (χ0) is 25.8. The predicted molar refractivity (Wildman–Crippen MR) is 122 cm³/mol. The third-order valence-electron chi connectivity index (χ3n) is 4.77. The van der Waals surface area contributed by atoms with Gasteiger partial charge < -0.3 is 48.1 Å². The summed E-state index contributed by atoms with van der Waals surface area (Å²) < 4.78 is 33.2. The number of benzene rings is 2. The highest BCUT2D eigenvalue weighted by Gasteiger charge is 2.15. The Balaban J connectivity index is 1.48. The van der Waals surface area contributed by atoms with Gasteiger partial charge in [0.05, 0.1) is 11.3 Å². The highest BCUT2D eigenvalue weighted by atomic mass is 31.2. The smallest absolute Gasteiger partial charge is 0.170 e. The maximum absolute atomic E-state index is 11.2. The van der Waals surface area contributed by atoms with Crippen molar-refractivity contribution in [1.29, 1.82) is 0 Å². The molecule has 0 aliphatic carbocycles. The lowest BCUT2D eigenvalue weighted by Gasteiger charge is -2.33. The van der Waals surface area contributed by atoms with Gasteiger partial charge in [-0.3, -0.25) is 0 Å². The zero-order valence-electron chi connectivity index (χ0n) is 18.4. The monoisotopic (exact) mass is 528 g/mol. The van der Waals surface area contributed by atoms with Crippen LogP contribution in [-0.2, 0) is 22.2 Å². The normalized spacial score (nSPS) is 11.8. The van der Waals surface area contributed by atoms with E-state index in [0.717, 1.165) is 17.2 Å². The quantitative estimate of drug-likeness (QED) is 0.281. The lowest BCUT2D eigenvalue weighted by Crippen LogP contribution is -2.23. The van der Waals surface area contributed by atoms with Crippen LogP contribution in [-0.4, -0.2) is 10.1 Å². The summed E-state index contributed by atoms with van der Waals surface area (Å²) >= 11 is 0. The molecule has 0 atom stereocenters. The number of hydrogen-bond acceptors (Lipinski definition) is 10. The number of hydrogen-bond donors (Lipinski definition) is 2. The molecule has 0 amide bonds. The average molecular weight is 528 g/mol. The standard InChI is InChI=1S/C22H22N4O8P2/c27-35(28,29)25-21-11-10-19(22(23-21)26-36(30,31)32)20-13-17(24-34-20)12-15-6-8-18(9-7-15)33-14-16-4-2-1-3-5-16/h1-11,13H,12,14H2,(H6,23,25,26,27,28,29,30,31,32)/p-4. The fourth-order valence-corrected chi connectivity index (χ4v) is 4.09. The summed E-state index contributed by atoms with van der Waals surface area (Å²) in [5.41, 5.74) is 2.45. The van der Waals surface area contributed by atoms with Crippen molar-refractivity contribution < 1.29 is 38.0 Å². The number of nitrogens with one attached hydrogen (secondary N) is 2. The van der Waals surface area contributed by atoms with Crippen LogP contribution in [0.4, 0.5) is 11.6 Å². The van der Waals surface area contributed by atoms with E-state index >= 15 is 0 Å². The van der Waals surface area contributed by atoms with Gasteiger partial charge in [-0.1, -0.05) is 47.6 Å². The van der Waals surface area contributed by atoms with E-state index in [-0.39, 0.29) is 11.3 Å². The first-order valence-electron chi connectivity index (χ1n) is 10.4. The molecule has 0 fully saturated rings. The summed E-state index contributed by atoms with van der Waals surface area (Å²) in [7, 11) is -10.5. The largest absolute Gasteiger partial charge is 0.795 e. The minimum Gasteiger partial charge on any atom is -0.795 e. The highest BCUT2D eigenvalue weighted by molar-refractivity contribution is 7.50. The molecule has 2 aromatic heterocycles. The van der Waals surface area contributed by atoms with E-state index in [4.69, 9.17) is 9.26 Å². The van der Waals surface area contributed by atoms with Crippen molar-refractivity contribution in [3.05, 3.63) is 89.6 Å². The molecule has 0 saturated heterocycles. The minimum atomic E-state index is -5.32. The predicted octanol–water partition coefficient (Wildman–Crippen LogP) is 1.39. The van der Waals surface area contributed by atoms with Crippen molar-refractivity contribution in [3.63, 3.8) is 0 Å². The van der Waals surface area contributed by atoms with Gasteiger partial charge in [0, 0.05) is 28.0 Å². The number of rotatable bonds is 10. The SMILES string of the molecule is O=P([O-])([O-])Nc1ccc(-c2cc(Cc3ccc(OCc4ccccc4)cc3)no2)c(NP(=O)([O-])[O-])n1.